The highest BCUT2D eigenvalue weighted by atomic mass is 16.5. The number of anilines is 2. The fourth-order valence-electron chi connectivity index (χ4n) is 2.57. The van der Waals surface area contributed by atoms with Crippen LogP contribution in [0, 0.1) is 6.92 Å². The maximum Gasteiger partial charge on any atom is 0.253 e. The highest BCUT2D eigenvalue weighted by Gasteiger charge is 2.21. The molecule has 0 heterocycles. The molecule has 20 heavy (non-hydrogen) atoms. The van der Waals surface area contributed by atoms with E-state index in [9.17, 15) is 4.79 Å². The van der Waals surface area contributed by atoms with Crippen molar-refractivity contribution in [2.24, 2.45) is 0 Å². The number of nitrogens with one attached hydrogen (secondary N) is 1. The van der Waals surface area contributed by atoms with E-state index in [1.165, 1.54) is 19.3 Å². The molecule has 3 N–H and O–H groups in total. The van der Waals surface area contributed by atoms with Crippen molar-refractivity contribution >= 4 is 17.3 Å². The molecule has 1 aliphatic carbocycles. The number of benzene rings is 1. The van der Waals surface area contributed by atoms with Gasteiger partial charge in [0, 0.05) is 11.4 Å². The van der Waals surface area contributed by atoms with Gasteiger partial charge in [0.1, 0.15) is 6.10 Å². The largest absolute Gasteiger partial charge is 0.398 e. The maximum absolute atomic E-state index is 12.2. The Hall–Kier alpha value is -1.55. The molecule has 4 nitrogen and oxygen atoms in total. The number of carbonyl (C=O) groups is 1. The molecule has 0 aromatic heterocycles. The zero-order chi connectivity index (χ0) is 14.5. The van der Waals surface area contributed by atoms with Crippen molar-refractivity contribution in [3.05, 3.63) is 23.8 Å². The number of hydrogen-bond donors (Lipinski definition) is 2. The first-order valence-electron chi connectivity index (χ1n) is 7.39. The molecule has 1 aromatic carbocycles. The van der Waals surface area contributed by atoms with E-state index >= 15 is 0 Å². The third kappa shape index (κ3) is 3.73. The predicted octanol–water partition coefficient (Wildman–Crippen LogP) is 3.25. The van der Waals surface area contributed by atoms with Crippen molar-refractivity contribution < 1.29 is 9.53 Å². The van der Waals surface area contributed by atoms with Crippen LogP contribution in [-0.4, -0.2) is 18.1 Å². The summed E-state index contributed by atoms with van der Waals surface area (Å²) < 4.78 is 5.85. The number of ether oxygens (including phenoxy) is 1. The monoisotopic (exact) mass is 276 g/mol. The fourth-order valence-corrected chi connectivity index (χ4v) is 2.57. The first-order valence-corrected chi connectivity index (χ1v) is 7.39. The quantitative estimate of drug-likeness (QED) is 0.830. The van der Waals surface area contributed by atoms with Gasteiger partial charge in [-0.25, -0.2) is 0 Å². The second-order valence-corrected chi connectivity index (χ2v) is 5.55. The van der Waals surface area contributed by atoms with E-state index in [4.69, 9.17) is 10.5 Å². The second-order valence-electron chi connectivity index (χ2n) is 5.55. The Bertz CT molecular complexity index is 468. The Morgan fingerprint density at radius 3 is 2.75 bits per heavy atom. The molecule has 1 fully saturated rings. The van der Waals surface area contributed by atoms with Gasteiger partial charge in [0.15, 0.2) is 0 Å². The van der Waals surface area contributed by atoms with Gasteiger partial charge in [-0.3, -0.25) is 4.79 Å². The lowest BCUT2D eigenvalue weighted by Crippen LogP contribution is -2.32. The molecule has 2 rings (SSSR count). The minimum atomic E-state index is -0.432. The van der Waals surface area contributed by atoms with Crippen LogP contribution in [-0.2, 0) is 9.53 Å². The van der Waals surface area contributed by atoms with Gasteiger partial charge in [0.2, 0.25) is 0 Å². The molecular formula is C16H24N2O2. The molecule has 1 amide bonds. The summed E-state index contributed by atoms with van der Waals surface area (Å²) in [5.41, 5.74) is 8.18. The summed E-state index contributed by atoms with van der Waals surface area (Å²) in [6.45, 7) is 3.71. The zero-order valence-corrected chi connectivity index (χ0v) is 12.3. The lowest BCUT2D eigenvalue weighted by Gasteiger charge is -2.25. The van der Waals surface area contributed by atoms with Crippen LogP contribution in [0.25, 0.3) is 0 Å². The molecule has 1 saturated carbocycles. The van der Waals surface area contributed by atoms with Crippen LogP contribution in [0.2, 0.25) is 0 Å². The molecule has 1 unspecified atom stereocenters. The molecule has 0 aliphatic heterocycles. The van der Waals surface area contributed by atoms with Crippen LogP contribution >= 0.6 is 0 Å². The summed E-state index contributed by atoms with van der Waals surface area (Å²) in [5, 5.41) is 2.90. The molecular weight excluding hydrogens is 252 g/mol. The summed E-state index contributed by atoms with van der Waals surface area (Å²) in [7, 11) is 0. The number of amides is 1. The summed E-state index contributed by atoms with van der Waals surface area (Å²) in [6.07, 6.45) is 5.61. The van der Waals surface area contributed by atoms with Crippen molar-refractivity contribution in [1.82, 2.24) is 0 Å². The van der Waals surface area contributed by atoms with Crippen LogP contribution in [0.4, 0.5) is 11.4 Å². The lowest BCUT2D eigenvalue weighted by atomic mass is 9.97. The Morgan fingerprint density at radius 2 is 2.05 bits per heavy atom. The molecule has 0 bridgehead atoms. The minimum absolute atomic E-state index is 0.107. The van der Waals surface area contributed by atoms with Crippen molar-refractivity contribution in [3.63, 3.8) is 0 Å². The van der Waals surface area contributed by atoms with Gasteiger partial charge in [-0.1, -0.05) is 25.3 Å². The van der Waals surface area contributed by atoms with Gasteiger partial charge in [-0.2, -0.15) is 0 Å². The summed E-state index contributed by atoms with van der Waals surface area (Å²) in [6, 6.07) is 5.52. The van der Waals surface area contributed by atoms with Gasteiger partial charge >= 0.3 is 0 Å². The predicted molar refractivity (Wildman–Crippen MR) is 81.6 cm³/mol. The molecule has 0 radical (unpaired) electrons. The Morgan fingerprint density at radius 1 is 1.35 bits per heavy atom. The van der Waals surface area contributed by atoms with Crippen molar-refractivity contribution in [2.45, 2.75) is 58.2 Å². The third-order valence-electron chi connectivity index (χ3n) is 3.95. The lowest BCUT2D eigenvalue weighted by molar-refractivity contribution is -0.131. The van der Waals surface area contributed by atoms with Gasteiger partial charge in [-0.15, -0.1) is 0 Å². The fraction of sp³-hybridized carbons (Fsp3) is 0.562. The van der Waals surface area contributed by atoms with E-state index in [0.717, 1.165) is 24.1 Å². The van der Waals surface area contributed by atoms with Crippen LogP contribution in [0.1, 0.15) is 44.6 Å². The number of rotatable bonds is 4. The molecule has 1 aliphatic rings. The van der Waals surface area contributed by atoms with Gasteiger partial charge in [0.05, 0.1) is 6.10 Å². The smallest absolute Gasteiger partial charge is 0.253 e. The molecule has 110 valence electrons. The molecule has 1 atom stereocenters. The van der Waals surface area contributed by atoms with Gasteiger partial charge in [0.25, 0.3) is 5.91 Å². The van der Waals surface area contributed by atoms with Crippen LogP contribution in [0.5, 0.6) is 0 Å². The van der Waals surface area contributed by atoms with Gasteiger partial charge < -0.3 is 15.8 Å². The number of nitrogen functional groups attached to an aromatic ring is 1. The highest BCUT2D eigenvalue weighted by molar-refractivity contribution is 5.95. The first-order chi connectivity index (χ1) is 9.58. The molecule has 1 aromatic rings. The van der Waals surface area contributed by atoms with Crippen molar-refractivity contribution in [2.75, 3.05) is 11.1 Å². The highest BCUT2D eigenvalue weighted by Crippen LogP contribution is 2.23. The molecule has 0 spiro atoms. The standard InChI is InChI=1S/C16H24N2O2/c1-11-14(17)9-6-10-15(11)18-16(19)12(2)20-13-7-4-3-5-8-13/h6,9-10,12-13H,3-5,7-8,17H2,1-2H3,(H,18,19). The third-order valence-corrected chi connectivity index (χ3v) is 3.95. The van der Waals surface area contributed by atoms with Crippen LogP contribution < -0.4 is 11.1 Å². The summed E-state index contributed by atoms with van der Waals surface area (Å²) in [4.78, 5) is 12.2. The zero-order valence-electron chi connectivity index (χ0n) is 12.3. The molecule has 0 saturated heterocycles. The van der Waals surface area contributed by atoms with Crippen molar-refractivity contribution in [3.8, 4) is 0 Å². The normalized spacial score (nSPS) is 17.7. The summed E-state index contributed by atoms with van der Waals surface area (Å²) >= 11 is 0. The van der Waals surface area contributed by atoms with Gasteiger partial charge in [-0.05, 0) is 44.4 Å². The Labute approximate surface area is 120 Å². The minimum Gasteiger partial charge on any atom is -0.398 e. The number of hydrogen-bond acceptors (Lipinski definition) is 3. The van der Waals surface area contributed by atoms with Crippen molar-refractivity contribution in [1.29, 1.82) is 0 Å². The van der Waals surface area contributed by atoms with E-state index in [-0.39, 0.29) is 12.0 Å². The Kier molecular flexibility index (Phi) is 5.01. The summed E-state index contributed by atoms with van der Waals surface area (Å²) in [5.74, 6) is -0.107. The van der Waals surface area contributed by atoms with Crippen LogP contribution in [0.3, 0.4) is 0 Å². The molecule has 4 heteroatoms. The van der Waals surface area contributed by atoms with Crippen LogP contribution in [0.15, 0.2) is 18.2 Å². The average Bonchev–Trinajstić information content (AvgIpc) is 2.45. The first kappa shape index (κ1) is 14.9. The Balaban J connectivity index is 1.91. The number of carbonyl (C=O) groups excluding carboxylic acids is 1. The second kappa shape index (κ2) is 6.75. The number of nitrogens with two attached hydrogens (primary N) is 1. The maximum atomic E-state index is 12.2. The SMILES string of the molecule is Cc1c(N)cccc1NC(=O)C(C)OC1CCCCC1. The van der Waals surface area contributed by atoms with E-state index in [0.29, 0.717) is 5.69 Å². The van der Waals surface area contributed by atoms with E-state index < -0.39 is 6.10 Å². The average molecular weight is 276 g/mol. The van der Waals surface area contributed by atoms with E-state index in [1.54, 1.807) is 0 Å². The van der Waals surface area contributed by atoms with E-state index in [1.807, 2.05) is 32.0 Å². The topological polar surface area (TPSA) is 64.3 Å². The van der Waals surface area contributed by atoms with E-state index in [2.05, 4.69) is 5.32 Å².